The second-order valence-corrected chi connectivity index (χ2v) is 4.85. The largest absolute Gasteiger partial charge is 0.371 e. The predicted molar refractivity (Wildman–Crippen MR) is 76.9 cm³/mol. The van der Waals surface area contributed by atoms with E-state index in [2.05, 4.69) is 43.0 Å². The summed E-state index contributed by atoms with van der Waals surface area (Å²) in [6.45, 7) is 16.1. The highest BCUT2D eigenvalue weighted by molar-refractivity contribution is 5.17. The van der Waals surface area contributed by atoms with Crippen molar-refractivity contribution >= 4 is 0 Å². The first-order chi connectivity index (χ1) is 7.91. The lowest BCUT2D eigenvalue weighted by atomic mass is 9.95. The number of rotatable bonds is 9. The molecule has 0 aliphatic rings. The maximum absolute atomic E-state index is 4.03. The minimum atomic E-state index is -0.0413. The minimum Gasteiger partial charge on any atom is -0.371 e. The SMILES string of the molecule is C=C(/C=C\C)CC(C)(C)NC(=C)NCCNC. The van der Waals surface area contributed by atoms with E-state index in [9.17, 15) is 0 Å². The van der Waals surface area contributed by atoms with Crippen molar-refractivity contribution < 1.29 is 0 Å². The van der Waals surface area contributed by atoms with Crippen LogP contribution < -0.4 is 16.0 Å². The lowest BCUT2D eigenvalue weighted by Gasteiger charge is -2.29. The number of likely N-dealkylation sites (N-methyl/N-ethyl adjacent to an activating group) is 1. The normalized spacial score (nSPS) is 11.5. The molecule has 0 aliphatic heterocycles. The van der Waals surface area contributed by atoms with Crippen molar-refractivity contribution in [2.24, 2.45) is 0 Å². The van der Waals surface area contributed by atoms with Crippen LogP contribution in [0.4, 0.5) is 0 Å². The van der Waals surface area contributed by atoms with Gasteiger partial charge in [-0.25, -0.2) is 0 Å². The molecular weight excluding hydrogens is 210 g/mol. The van der Waals surface area contributed by atoms with Crippen molar-refractivity contribution in [1.29, 1.82) is 0 Å². The first-order valence-electron chi connectivity index (χ1n) is 6.07. The number of nitrogens with one attached hydrogen (secondary N) is 3. The summed E-state index contributed by atoms with van der Waals surface area (Å²) in [5.74, 6) is 0.860. The molecule has 0 amide bonds. The third kappa shape index (κ3) is 8.57. The van der Waals surface area contributed by atoms with Crippen LogP contribution in [0.1, 0.15) is 27.2 Å². The van der Waals surface area contributed by atoms with Crippen LogP contribution in [0.25, 0.3) is 0 Å². The van der Waals surface area contributed by atoms with Crippen LogP contribution in [0.3, 0.4) is 0 Å². The summed E-state index contributed by atoms with van der Waals surface area (Å²) in [6, 6.07) is 0. The highest BCUT2D eigenvalue weighted by atomic mass is 15.1. The molecule has 17 heavy (non-hydrogen) atoms. The highest BCUT2D eigenvalue weighted by Gasteiger charge is 2.18. The first kappa shape index (κ1) is 15.8. The quantitative estimate of drug-likeness (QED) is 0.425. The molecule has 98 valence electrons. The van der Waals surface area contributed by atoms with E-state index in [-0.39, 0.29) is 5.54 Å². The molecule has 0 aliphatic carbocycles. The molecule has 0 spiro atoms. The van der Waals surface area contributed by atoms with Crippen LogP contribution in [-0.4, -0.2) is 25.7 Å². The molecule has 0 atom stereocenters. The van der Waals surface area contributed by atoms with Gasteiger partial charge in [-0.1, -0.05) is 30.9 Å². The Morgan fingerprint density at radius 3 is 2.41 bits per heavy atom. The Bertz CT molecular complexity index is 277. The third-order valence-electron chi connectivity index (χ3n) is 2.27. The summed E-state index contributed by atoms with van der Waals surface area (Å²) in [4.78, 5) is 0. The van der Waals surface area contributed by atoms with Crippen molar-refractivity contribution in [1.82, 2.24) is 16.0 Å². The Morgan fingerprint density at radius 2 is 1.88 bits per heavy atom. The van der Waals surface area contributed by atoms with Gasteiger partial charge in [0.05, 0.1) is 5.82 Å². The lowest BCUT2D eigenvalue weighted by Crippen LogP contribution is -2.43. The second kappa shape index (κ2) is 7.96. The molecule has 0 aromatic rings. The van der Waals surface area contributed by atoms with E-state index in [1.54, 1.807) is 0 Å². The van der Waals surface area contributed by atoms with Gasteiger partial charge in [-0.05, 0) is 34.2 Å². The molecule has 0 aromatic carbocycles. The van der Waals surface area contributed by atoms with E-state index in [0.29, 0.717) is 0 Å². The molecule has 0 rings (SSSR count). The number of allylic oxidation sites excluding steroid dienone is 2. The van der Waals surface area contributed by atoms with Crippen molar-refractivity contribution in [3.05, 3.63) is 36.7 Å². The minimum absolute atomic E-state index is 0.0413. The van der Waals surface area contributed by atoms with Gasteiger partial charge in [0, 0.05) is 18.6 Å². The molecule has 0 bridgehead atoms. The molecule has 0 unspecified atom stereocenters. The van der Waals surface area contributed by atoms with Crippen LogP contribution in [0, 0.1) is 0 Å². The summed E-state index contributed by atoms with van der Waals surface area (Å²) >= 11 is 0. The molecule has 0 saturated carbocycles. The average molecular weight is 237 g/mol. The second-order valence-electron chi connectivity index (χ2n) is 4.85. The molecule has 0 fully saturated rings. The Balaban J connectivity index is 4.06. The molecule has 0 heterocycles. The third-order valence-corrected chi connectivity index (χ3v) is 2.27. The lowest BCUT2D eigenvalue weighted by molar-refractivity contribution is 0.412. The molecule has 0 saturated heterocycles. The zero-order valence-corrected chi connectivity index (χ0v) is 11.7. The fourth-order valence-electron chi connectivity index (χ4n) is 1.70. The van der Waals surface area contributed by atoms with Gasteiger partial charge in [0.15, 0.2) is 0 Å². The Hall–Kier alpha value is -1.22. The summed E-state index contributed by atoms with van der Waals surface area (Å²) in [7, 11) is 1.93. The topological polar surface area (TPSA) is 36.1 Å². The highest BCUT2D eigenvalue weighted by Crippen LogP contribution is 2.16. The molecule has 3 N–H and O–H groups in total. The van der Waals surface area contributed by atoms with Gasteiger partial charge in [-0.15, -0.1) is 0 Å². The van der Waals surface area contributed by atoms with E-state index < -0.39 is 0 Å². The zero-order chi connectivity index (χ0) is 13.3. The van der Waals surface area contributed by atoms with Crippen molar-refractivity contribution in [2.45, 2.75) is 32.7 Å². The van der Waals surface area contributed by atoms with Crippen LogP contribution in [-0.2, 0) is 0 Å². The van der Waals surface area contributed by atoms with E-state index >= 15 is 0 Å². The summed E-state index contributed by atoms with van der Waals surface area (Å²) in [6.07, 6.45) is 4.95. The Kier molecular flexibility index (Phi) is 7.39. The molecular formula is C14H27N3. The number of hydrogen-bond acceptors (Lipinski definition) is 3. The summed E-state index contributed by atoms with van der Waals surface area (Å²) in [5, 5.41) is 9.69. The zero-order valence-electron chi connectivity index (χ0n) is 11.7. The van der Waals surface area contributed by atoms with Crippen LogP contribution in [0.2, 0.25) is 0 Å². The van der Waals surface area contributed by atoms with Gasteiger partial charge >= 0.3 is 0 Å². The monoisotopic (exact) mass is 237 g/mol. The van der Waals surface area contributed by atoms with Gasteiger partial charge in [-0.2, -0.15) is 0 Å². The van der Waals surface area contributed by atoms with Crippen molar-refractivity contribution in [2.75, 3.05) is 20.1 Å². The van der Waals surface area contributed by atoms with Crippen LogP contribution in [0.5, 0.6) is 0 Å². The molecule has 3 nitrogen and oxygen atoms in total. The van der Waals surface area contributed by atoms with E-state index in [0.717, 1.165) is 30.9 Å². The van der Waals surface area contributed by atoms with Crippen molar-refractivity contribution in [3.8, 4) is 0 Å². The maximum Gasteiger partial charge on any atom is 0.0917 e. The van der Waals surface area contributed by atoms with Gasteiger partial charge in [-0.3, -0.25) is 0 Å². The first-order valence-corrected chi connectivity index (χ1v) is 6.07. The van der Waals surface area contributed by atoms with Gasteiger partial charge < -0.3 is 16.0 Å². The molecule has 3 heteroatoms. The molecule has 0 radical (unpaired) electrons. The average Bonchev–Trinajstić information content (AvgIpc) is 2.16. The van der Waals surface area contributed by atoms with Gasteiger partial charge in [0.25, 0.3) is 0 Å². The Labute approximate surface area is 106 Å². The van der Waals surface area contributed by atoms with Gasteiger partial charge in [0.2, 0.25) is 0 Å². The van der Waals surface area contributed by atoms with Gasteiger partial charge in [0.1, 0.15) is 0 Å². The molecule has 0 aromatic heterocycles. The predicted octanol–water partition coefficient (Wildman–Crippen LogP) is 2.16. The van der Waals surface area contributed by atoms with E-state index in [4.69, 9.17) is 0 Å². The summed E-state index contributed by atoms with van der Waals surface area (Å²) in [5.41, 5.74) is 1.08. The van der Waals surface area contributed by atoms with Crippen LogP contribution >= 0.6 is 0 Å². The summed E-state index contributed by atoms with van der Waals surface area (Å²) < 4.78 is 0. The number of hydrogen-bond donors (Lipinski definition) is 3. The van der Waals surface area contributed by atoms with Crippen molar-refractivity contribution in [3.63, 3.8) is 0 Å². The van der Waals surface area contributed by atoms with Crippen LogP contribution in [0.15, 0.2) is 36.7 Å². The fourth-order valence-corrected chi connectivity index (χ4v) is 1.70. The smallest absolute Gasteiger partial charge is 0.0917 e. The standard InChI is InChI=1S/C14H27N3/c1-7-8-12(2)11-14(4,5)17-13(3)16-10-9-15-6/h7-8,15-17H,2-3,9-11H2,1,4-6H3/b8-7-. The maximum atomic E-state index is 4.03. The van der Waals surface area contributed by atoms with E-state index in [1.165, 1.54) is 0 Å². The Morgan fingerprint density at radius 1 is 1.24 bits per heavy atom. The fraction of sp³-hybridized carbons (Fsp3) is 0.571. The van der Waals surface area contributed by atoms with E-state index in [1.807, 2.05) is 26.1 Å².